The third kappa shape index (κ3) is 3.70. The second kappa shape index (κ2) is 7.36. The molecule has 2 heterocycles. The van der Waals surface area contributed by atoms with Gasteiger partial charge in [-0.15, -0.1) is 5.10 Å². The fourth-order valence-corrected chi connectivity index (χ4v) is 3.60. The second-order valence-corrected chi connectivity index (χ2v) is 7.46. The van der Waals surface area contributed by atoms with Gasteiger partial charge in [-0.05, 0) is 47.5 Å². The maximum atomic E-state index is 13.0. The van der Waals surface area contributed by atoms with Crippen LogP contribution in [0.2, 0.25) is 0 Å². The van der Waals surface area contributed by atoms with Crippen LogP contribution in [0.5, 0.6) is 0 Å². The lowest BCUT2D eigenvalue weighted by molar-refractivity contribution is 0.628. The lowest BCUT2D eigenvalue weighted by Gasteiger charge is -2.11. The van der Waals surface area contributed by atoms with Crippen molar-refractivity contribution in [2.45, 2.75) is 0 Å². The van der Waals surface area contributed by atoms with E-state index in [0.717, 1.165) is 16.8 Å². The molecule has 7 heteroatoms. The molecule has 0 amide bonds. The molecule has 0 bridgehead atoms. The topological polar surface area (TPSA) is 50.5 Å². The van der Waals surface area contributed by atoms with E-state index in [1.54, 1.807) is 24.3 Å². The van der Waals surface area contributed by atoms with Crippen molar-refractivity contribution in [2.75, 3.05) is 19.0 Å². The maximum absolute atomic E-state index is 13.0. The van der Waals surface area contributed by atoms with E-state index in [9.17, 15) is 9.18 Å². The summed E-state index contributed by atoms with van der Waals surface area (Å²) in [7, 11) is 3.97. The van der Waals surface area contributed by atoms with Crippen molar-refractivity contribution in [2.24, 2.45) is 0 Å². The summed E-state index contributed by atoms with van der Waals surface area (Å²) in [6, 6.07) is 14.1. The van der Waals surface area contributed by atoms with Crippen molar-refractivity contribution < 1.29 is 4.39 Å². The molecule has 0 saturated carbocycles. The van der Waals surface area contributed by atoms with Gasteiger partial charge >= 0.3 is 0 Å². The Kier molecular flexibility index (Phi) is 4.75. The molecule has 2 aromatic heterocycles. The van der Waals surface area contributed by atoms with Crippen LogP contribution in [-0.2, 0) is 0 Å². The average molecular weight is 392 g/mol. The number of thiazole rings is 1. The number of hydrogen-bond acceptors (Lipinski definition) is 5. The Morgan fingerprint density at radius 3 is 2.32 bits per heavy atom. The molecule has 140 valence electrons. The van der Waals surface area contributed by atoms with Gasteiger partial charge in [0.25, 0.3) is 5.56 Å². The van der Waals surface area contributed by atoms with E-state index < -0.39 is 0 Å². The van der Waals surface area contributed by atoms with Gasteiger partial charge in [0.1, 0.15) is 5.82 Å². The highest BCUT2D eigenvalue weighted by molar-refractivity contribution is 7.15. The number of nitrogens with zero attached hydrogens (tertiary/aromatic N) is 4. The van der Waals surface area contributed by atoms with E-state index >= 15 is 0 Å². The zero-order valence-electron chi connectivity index (χ0n) is 15.3. The van der Waals surface area contributed by atoms with Gasteiger partial charge in [0.05, 0.1) is 4.53 Å². The smallest absolute Gasteiger partial charge is 0.291 e. The van der Waals surface area contributed by atoms with Gasteiger partial charge in [0, 0.05) is 19.8 Å². The number of rotatable bonds is 4. The summed E-state index contributed by atoms with van der Waals surface area (Å²) < 4.78 is 14.9. The lowest BCUT2D eigenvalue weighted by Crippen LogP contribution is -2.23. The summed E-state index contributed by atoms with van der Waals surface area (Å²) in [4.78, 5) is 19.5. The third-order valence-corrected chi connectivity index (χ3v) is 5.16. The molecule has 0 aliphatic rings. The first-order chi connectivity index (χ1) is 13.5. The molecule has 5 nitrogen and oxygen atoms in total. The minimum atomic E-state index is -0.283. The largest absolute Gasteiger partial charge is 0.378 e. The fourth-order valence-electron chi connectivity index (χ4n) is 2.68. The van der Waals surface area contributed by atoms with Gasteiger partial charge in [-0.1, -0.05) is 41.7 Å². The summed E-state index contributed by atoms with van der Waals surface area (Å²) in [5, 5.41) is 4.26. The average Bonchev–Trinajstić information content (AvgIpc) is 3.21. The SMILES string of the molecule is CN(C)c1ccc(C=c2sc3nc(C=Cc4ccc(F)cc4)nn3c2=O)cc1. The standard InChI is InChI=1S/C21H17FN4OS/c1-25(2)17-10-5-15(6-11-17)13-18-20(27)26-21(28-18)23-19(24-26)12-7-14-3-8-16(22)9-4-14/h3-13H,1-2H3. The molecule has 28 heavy (non-hydrogen) atoms. The van der Waals surface area contributed by atoms with Crippen LogP contribution in [0.25, 0.3) is 23.2 Å². The van der Waals surface area contributed by atoms with Crippen molar-refractivity contribution in [3.05, 3.63) is 86.2 Å². The summed E-state index contributed by atoms with van der Waals surface area (Å²) in [5.74, 6) is 0.156. The molecule has 0 aliphatic heterocycles. The third-order valence-electron chi connectivity index (χ3n) is 4.20. The molecule has 0 spiro atoms. The van der Waals surface area contributed by atoms with Crippen LogP contribution >= 0.6 is 11.3 Å². The normalized spacial score (nSPS) is 12.3. The van der Waals surface area contributed by atoms with Crippen molar-refractivity contribution >= 4 is 40.2 Å². The number of benzene rings is 2. The maximum Gasteiger partial charge on any atom is 0.291 e. The van der Waals surface area contributed by atoms with Crippen LogP contribution in [0.1, 0.15) is 17.0 Å². The van der Waals surface area contributed by atoms with E-state index in [0.29, 0.717) is 15.3 Å². The molecular weight excluding hydrogens is 375 g/mol. The first-order valence-electron chi connectivity index (χ1n) is 8.62. The minimum absolute atomic E-state index is 0.189. The van der Waals surface area contributed by atoms with E-state index in [2.05, 4.69) is 10.1 Å². The summed E-state index contributed by atoms with van der Waals surface area (Å²) in [5.41, 5.74) is 2.69. The molecular formula is C21H17FN4OS. The Balaban J connectivity index is 1.62. The van der Waals surface area contributed by atoms with Crippen LogP contribution in [0.3, 0.4) is 0 Å². The van der Waals surface area contributed by atoms with Gasteiger partial charge in [-0.3, -0.25) is 4.79 Å². The number of anilines is 1. The predicted octanol–water partition coefficient (Wildman–Crippen LogP) is 3.07. The minimum Gasteiger partial charge on any atom is -0.378 e. The molecule has 0 aliphatic carbocycles. The Morgan fingerprint density at radius 2 is 1.68 bits per heavy atom. The van der Waals surface area contributed by atoms with E-state index in [4.69, 9.17) is 0 Å². The molecule has 0 N–H and O–H groups in total. The van der Waals surface area contributed by atoms with E-state index in [1.807, 2.05) is 49.3 Å². The van der Waals surface area contributed by atoms with Crippen LogP contribution in [0.15, 0.2) is 53.3 Å². The Morgan fingerprint density at radius 1 is 1.00 bits per heavy atom. The molecule has 4 aromatic rings. The van der Waals surface area contributed by atoms with Crippen molar-refractivity contribution in [3.63, 3.8) is 0 Å². The van der Waals surface area contributed by atoms with Gasteiger partial charge < -0.3 is 4.90 Å². The van der Waals surface area contributed by atoms with Gasteiger partial charge in [0.2, 0.25) is 4.96 Å². The van der Waals surface area contributed by atoms with Crippen LogP contribution in [0.4, 0.5) is 10.1 Å². The molecule has 0 fully saturated rings. The van der Waals surface area contributed by atoms with Gasteiger partial charge in [-0.2, -0.15) is 9.50 Å². The fraction of sp³-hybridized carbons (Fsp3) is 0.0952. The summed E-state index contributed by atoms with van der Waals surface area (Å²) in [6.07, 6.45) is 5.33. The highest BCUT2D eigenvalue weighted by atomic mass is 32.1. The van der Waals surface area contributed by atoms with Crippen LogP contribution < -0.4 is 15.0 Å². The number of hydrogen-bond donors (Lipinski definition) is 0. The molecule has 0 unspecified atom stereocenters. The van der Waals surface area contributed by atoms with Gasteiger partial charge in [-0.25, -0.2) is 4.39 Å². The predicted molar refractivity (Wildman–Crippen MR) is 112 cm³/mol. The second-order valence-electron chi connectivity index (χ2n) is 6.45. The first-order valence-corrected chi connectivity index (χ1v) is 9.43. The zero-order valence-corrected chi connectivity index (χ0v) is 16.2. The van der Waals surface area contributed by atoms with Gasteiger partial charge in [0.15, 0.2) is 5.82 Å². The Labute approximate surface area is 164 Å². The van der Waals surface area contributed by atoms with Crippen LogP contribution in [0, 0.1) is 5.82 Å². The molecule has 0 atom stereocenters. The molecule has 0 radical (unpaired) electrons. The summed E-state index contributed by atoms with van der Waals surface area (Å²) >= 11 is 1.30. The number of halogens is 1. The lowest BCUT2D eigenvalue weighted by atomic mass is 10.2. The zero-order chi connectivity index (χ0) is 19.7. The van der Waals surface area contributed by atoms with Crippen molar-refractivity contribution in [1.29, 1.82) is 0 Å². The quantitative estimate of drug-likeness (QED) is 0.536. The van der Waals surface area contributed by atoms with Crippen molar-refractivity contribution in [3.8, 4) is 0 Å². The van der Waals surface area contributed by atoms with E-state index in [-0.39, 0.29) is 11.4 Å². The molecule has 2 aromatic carbocycles. The van der Waals surface area contributed by atoms with Crippen LogP contribution in [-0.4, -0.2) is 28.7 Å². The van der Waals surface area contributed by atoms with Crippen molar-refractivity contribution in [1.82, 2.24) is 14.6 Å². The monoisotopic (exact) mass is 392 g/mol. The summed E-state index contributed by atoms with van der Waals surface area (Å²) in [6.45, 7) is 0. The highest BCUT2D eigenvalue weighted by Crippen LogP contribution is 2.13. The number of aromatic nitrogens is 3. The Hall–Kier alpha value is -3.32. The first kappa shape index (κ1) is 18.1. The highest BCUT2D eigenvalue weighted by Gasteiger charge is 2.09. The number of fused-ring (bicyclic) bond motifs is 1. The molecule has 4 rings (SSSR count). The van der Waals surface area contributed by atoms with E-state index in [1.165, 1.54) is 28.0 Å². The molecule has 0 saturated heterocycles. The Bertz CT molecular complexity index is 1250.